The highest BCUT2D eigenvalue weighted by atomic mass is 32.2. The van der Waals surface area contributed by atoms with Crippen molar-refractivity contribution in [2.75, 3.05) is 58.5 Å². The van der Waals surface area contributed by atoms with E-state index in [9.17, 15) is 9.59 Å². The number of rotatable bonds is 19. The van der Waals surface area contributed by atoms with Gasteiger partial charge in [0.15, 0.2) is 0 Å². The standard InChI is InChI=1S/C20H39N4O5S/c21-8-3-10-27-12-14-29-15-13-28-11-4-9-23-19(25)6-2-1-5-18-17(7-16-30-18)24-20(22)26/h7,17-18H,1-6,8-16,21H2,(H,23,25)(H3,22,24,26)/t17-,18-/m0/s1. The zero-order valence-corrected chi connectivity index (χ0v) is 18.8. The number of nitrogens with two attached hydrogens (primary N) is 2. The van der Waals surface area contributed by atoms with Crippen LogP contribution >= 0.6 is 11.8 Å². The molecule has 1 aliphatic heterocycles. The third-order valence-corrected chi connectivity index (χ3v) is 5.88. The Morgan fingerprint density at radius 2 is 1.63 bits per heavy atom. The normalized spacial score (nSPS) is 18.4. The minimum Gasteiger partial charge on any atom is -0.379 e. The first-order chi connectivity index (χ1) is 14.6. The lowest BCUT2D eigenvalue weighted by Gasteiger charge is -2.18. The minimum atomic E-state index is -0.483. The monoisotopic (exact) mass is 447 g/mol. The van der Waals surface area contributed by atoms with E-state index in [1.165, 1.54) is 0 Å². The summed E-state index contributed by atoms with van der Waals surface area (Å²) in [4.78, 5) is 22.9. The summed E-state index contributed by atoms with van der Waals surface area (Å²) < 4.78 is 16.2. The number of carbonyl (C=O) groups is 2. The molecule has 175 valence electrons. The van der Waals surface area contributed by atoms with Gasteiger partial charge in [0.05, 0.1) is 26.4 Å². The summed E-state index contributed by atoms with van der Waals surface area (Å²) in [6.45, 7) is 4.76. The molecule has 10 heteroatoms. The Morgan fingerprint density at radius 3 is 2.30 bits per heavy atom. The van der Waals surface area contributed by atoms with Crippen molar-refractivity contribution in [2.45, 2.75) is 49.8 Å². The molecule has 0 saturated carbocycles. The van der Waals surface area contributed by atoms with Crippen LogP contribution in [0, 0.1) is 6.42 Å². The zero-order chi connectivity index (χ0) is 21.9. The second kappa shape index (κ2) is 18.7. The highest BCUT2D eigenvalue weighted by Crippen LogP contribution is 2.30. The van der Waals surface area contributed by atoms with Crippen molar-refractivity contribution in [3.8, 4) is 0 Å². The SMILES string of the molecule is NCCCOCCOCCOCCCNC(=O)CCCC[C@@H]1SC[CH][C@@H]1NC(N)=O. The second-order valence-corrected chi connectivity index (χ2v) is 8.34. The average Bonchev–Trinajstić information content (AvgIpc) is 3.15. The number of hydrogen-bond acceptors (Lipinski definition) is 7. The zero-order valence-electron chi connectivity index (χ0n) is 17.9. The van der Waals surface area contributed by atoms with E-state index in [-0.39, 0.29) is 11.9 Å². The van der Waals surface area contributed by atoms with Crippen LogP contribution in [0.2, 0.25) is 0 Å². The van der Waals surface area contributed by atoms with E-state index in [2.05, 4.69) is 17.1 Å². The van der Waals surface area contributed by atoms with Crippen molar-refractivity contribution < 1.29 is 23.8 Å². The van der Waals surface area contributed by atoms with Gasteiger partial charge in [0.25, 0.3) is 0 Å². The first-order valence-electron chi connectivity index (χ1n) is 10.8. The Hall–Kier alpha value is -1.07. The molecule has 1 saturated heterocycles. The van der Waals surface area contributed by atoms with Crippen LogP contribution in [0.5, 0.6) is 0 Å². The van der Waals surface area contributed by atoms with E-state index in [4.69, 9.17) is 25.7 Å². The summed E-state index contributed by atoms with van der Waals surface area (Å²) in [5.41, 5.74) is 10.6. The molecule has 1 aliphatic rings. The molecule has 1 fully saturated rings. The van der Waals surface area contributed by atoms with Crippen molar-refractivity contribution in [3.05, 3.63) is 6.42 Å². The average molecular weight is 448 g/mol. The van der Waals surface area contributed by atoms with E-state index in [0.29, 0.717) is 64.4 Å². The fourth-order valence-electron chi connectivity index (χ4n) is 2.97. The van der Waals surface area contributed by atoms with Gasteiger partial charge < -0.3 is 36.3 Å². The molecule has 2 atom stereocenters. The molecule has 30 heavy (non-hydrogen) atoms. The molecule has 0 bridgehead atoms. The molecular formula is C20H39N4O5S. The summed E-state index contributed by atoms with van der Waals surface area (Å²) in [6.07, 6.45) is 7.02. The summed E-state index contributed by atoms with van der Waals surface area (Å²) in [5, 5.41) is 6.04. The second-order valence-electron chi connectivity index (χ2n) is 7.07. The van der Waals surface area contributed by atoms with Gasteiger partial charge in [-0.1, -0.05) is 6.42 Å². The maximum atomic E-state index is 11.9. The maximum absolute atomic E-state index is 11.9. The number of thioether (sulfide) groups is 1. The quantitative estimate of drug-likeness (QED) is 0.215. The Kier molecular flexibility index (Phi) is 16.8. The molecule has 0 aromatic carbocycles. The molecule has 1 heterocycles. The van der Waals surface area contributed by atoms with Gasteiger partial charge >= 0.3 is 6.03 Å². The predicted molar refractivity (Wildman–Crippen MR) is 119 cm³/mol. The van der Waals surface area contributed by atoms with Crippen LogP contribution in [0.25, 0.3) is 0 Å². The smallest absolute Gasteiger partial charge is 0.312 e. The lowest BCUT2D eigenvalue weighted by Crippen LogP contribution is -2.42. The molecule has 0 unspecified atom stereocenters. The molecule has 9 nitrogen and oxygen atoms in total. The van der Waals surface area contributed by atoms with E-state index >= 15 is 0 Å². The third-order valence-electron chi connectivity index (χ3n) is 4.54. The van der Waals surface area contributed by atoms with Crippen LogP contribution in [0.1, 0.15) is 38.5 Å². The lowest BCUT2D eigenvalue weighted by atomic mass is 10.0. The molecule has 0 spiro atoms. The number of unbranched alkanes of at least 4 members (excludes halogenated alkanes) is 1. The van der Waals surface area contributed by atoms with E-state index in [0.717, 1.165) is 37.9 Å². The Balaban J connectivity index is 1.84. The van der Waals surface area contributed by atoms with Crippen LogP contribution in [-0.4, -0.2) is 81.7 Å². The predicted octanol–water partition coefficient (Wildman–Crippen LogP) is 0.808. The van der Waals surface area contributed by atoms with Gasteiger partial charge in [-0.15, -0.1) is 0 Å². The molecular weight excluding hydrogens is 408 g/mol. The van der Waals surface area contributed by atoms with Gasteiger partial charge in [-0.3, -0.25) is 4.79 Å². The fourth-order valence-corrected chi connectivity index (χ4v) is 4.25. The van der Waals surface area contributed by atoms with Crippen LogP contribution in [0.15, 0.2) is 0 Å². The topological polar surface area (TPSA) is 138 Å². The highest BCUT2D eigenvalue weighted by Gasteiger charge is 2.28. The van der Waals surface area contributed by atoms with E-state index < -0.39 is 6.03 Å². The molecule has 0 aromatic rings. The van der Waals surface area contributed by atoms with Crippen LogP contribution < -0.4 is 22.1 Å². The molecule has 1 rings (SSSR count). The van der Waals surface area contributed by atoms with Crippen molar-refractivity contribution in [1.82, 2.24) is 10.6 Å². The van der Waals surface area contributed by atoms with Gasteiger partial charge in [-0.05, 0) is 44.4 Å². The van der Waals surface area contributed by atoms with Gasteiger partial charge in [0, 0.05) is 37.5 Å². The Bertz CT molecular complexity index is 459. The van der Waals surface area contributed by atoms with Crippen molar-refractivity contribution >= 4 is 23.7 Å². The lowest BCUT2D eigenvalue weighted by molar-refractivity contribution is -0.121. The highest BCUT2D eigenvalue weighted by molar-refractivity contribution is 8.00. The van der Waals surface area contributed by atoms with Gasteiger partial charge in [0.2, 0.25) is 5.91 Å². The summed E-state index contributed by atoms with van der Waals surface area (Å²) in [7, 11) is 0. The molecule has 3 amide bonds. The van der Waals surface area contributed by atoms with Gasteiger partial charge in [-0.2, -0.15) is 11.8 Å². The Morgan fingerprint density at radius 1 is 0.967 bits per heavy atom. The van der Waals surface area contributed by atoms with Crippen LogP contribution in [-0.2, 0) is 19.0 Å². The molecule has 6 N–H and O–H groups in total. The number of primary amides is 1. The van der Waals surface area contributed by atoms with Crippen LogP contribution in [0.4, 0.5) is 4.79 Å². The molecule has 0 aromatic heterocycles. The number of urea groups is 1. The Labute approximate surface area is 184 Å². The fraction of sp³-hybridized carbons (Fsp3) is 0.850. The number of ether oxygens (including phenoxy) is 3. The third kappa shape index (κ3) is 14.8. The summed E-state index contributed by atoms with van der Waals surface area (Å²) >= 11 is 1.82. The number of nitrogens with one attached hydrogen (secondary N) is 2. The van der Waals surface area contributed by atoms with Crippen molar-refractivity contribution in [3.63, 3.8) is 0 Å². The largest absolute Gasteiger partial charge is 0.379 e. The summed E-state index contributed by atoms with van der Waals surface area (Å²) in [5.74, 6) is 0.999. The van der Waals surface area contributed by atoms with E-state index in [1.54, 1.807) is 0 Å². The first-order valence-corrected chi connectivity index (χ1v) is 11.9. The minimum absolute atomic E-state index is 0.0430. The number of carbonyl (C=O) groups excluding carboxylic acids is 2. The number of amides is 3. The van der Waals surface area contributed by atoms with Gasteiger partial charge in [0.1, 0.15) is 0 Å². The first kappa shape index (κ1) is 27.0. The maximum Gasteiger partial charge on any atom is 0.312 e. The number of hydrogen-bond donors (Lipinski definition) is 4. The van der Waals surface area contributed by atoms with Gasteiger partial charge in [-0.25, -0.2) is 4.79 Å². The summed E-state index contributed by atoms with van der Waals surface area (Å²) in [6, 6.07) is -0.440. The van der Waals surface area contributed by atoms with E-state index in [1.807, 2.05) is 11.8 Å². The molecule has 0 aliphatic carbocycles. The molecule has 1 radical (unpaired) electrons. The van der Waals surface area contributed by atoms with Crippen molar-refractivity contribution in [2.24, 2.45) is 11.5 Å². The van der Waals surface area contributed by atoms with Crippen molar-refractivity contribution in [1.29, 1.82) is 0 Å². The van der Waals surface area contributed by atoms with Crippen LogP contribution in [0.3, 0.4) is 0 Å².